The first-order chi connectivity index (χ1) is 8.52. The van der Waals surface area contributed by atoms with Gasteiger partial charge in [-0.1, -0.05) is 29.3 Å². The van der Waals surface area contributed by atoms with Gasteiger partial charge in [-0.25, -0.2) is 0 Å². The van der Waals surface area contributed by atoms with Crippen LogP contribution in [-0.2, 0) is 0 Å². The Bertz CT molecular complexity index is 552. The molecule has 0 spiro atoms. The summed E-state index contributed by atoms with van der Waals surface area (Å²) in [5, 5.41) is 4.59. The summed E-state index contributed by atoms with van der Waals surface area (Å²) in [6.45, 7) is 0. The summed E-state index contributed by atoms with van der Waals surface area (Å²) in [6.07, 6.45) is 0. The van der Waals surface area contributed by atoms with Gasteiger partial charge in [0.1, 0.15) is 0 Å². The van der Waals surface area contributed by atoms with Crippen LogP contribution in [0.4, 0.5) is 0 Å². The van der Waals surface area contributed by atoms with Crippen LogP contribution in [0.25, 0.3) is 0 Å². The molecule has 0 bridgehead atoms. The maximum absolute atomic E-state index is 6.26. The van der Waals surface area contributed by atoms with Crippen LogP contribution in [0.15, 0.2) is 32.5 Å². The lowest BCUT2D eigenvalue weighted by molar-refractivity contribution is 0.704. The van der Waals surface area contributed by atoms with Crippen molar-refractivity contribution >= 4 is 66.4 Å². The number of hydrogen-bond donors (Lipinski definition) is 1. The van der Waals surface area contributed by atoms with Gasteiger partial charge in [0.2, 0.25) is 0 Å². The van der Waals surface area contributed by atoms with E-state index in [2.05, 4.69) is 43.2 Å². The van der Waals surface area contributed by atoms with Crippen LogP contribution in [0.5, 0.6) is 0 Å². The second-order valence-corrected chi connectivity index (χ2v) is 7.76. The Morgan fingerprint density at radius 1 is 1.22 bits per heavy atom. The summed E-state index contributed by atoms with van der Waals surface area (Å²) >= 11 is 20.9. The minimum absolute atomic E-state index is 0.0577. The van der Waals surface area contributed by atoms with Crippen LogP contribution < -0.4 is 5.32 Å². The molecule has 0 aliphatic heterocycles. The normalized spacial score (nSPS) is 12.7. The molecule has 0 aliphatic rings. The molecule has 1 atom stereocenters. The number of nitrogens with one attached hydrogen (secondary N) is 1. The molecule has 2 aromatic rings. The van der Waals surface area contributed by atoms with E-state index in [-0.39, 0.29) is 6.04 Å². The molecular formula is C12H9Br2Cl2NS. The first-order valence-electron chi connectivity index (χ1n) is 5.10. The molecule has 1 N–H and O–H groups in total. The lowest BCUT2D eigenvalue weighted by Crippen LogP contribution is -2.16. The van der Waals surface area contributed by atoms with E-state index in [4.69, 9.17) is 23.2 Å². The van der Waals surface area contributed by atoms with E-state index in [1.165, 1.54) is 4.88 Å². The maximum Gasteiger partial charge on any atom is 0.0843 e. The molecule has 1 unspecified atom stereocenters. The Labute approximate surface area is 137 Å². The van der Waals surface area contributed by atoms with Gasteiger partial charge in [-0.3, -0.25) is 0 Å². The maximum atomic E-state index is 6.26. The van der Waals surface area contributed by atoms with Gasteiger partial charge in [0.15, 0.2) is 0 Å². The molecule has 1 nitrogen and oxygen atoms in total. The summed E-state index contributed by atoms with van der Waals surface area (Å²) < 4.78 is 2.12. The van der Waals surface area contributed by atoms with Crippen molar-refractivity contribution in [2.24, 2.45) is 0 Å². The average Bonchev–Trinajstić information content (AvgIpc) is 2.63. The topological polar surface area (TPSA) is 12.0 Å². The van der Waals surface area contributed by atoms with E-state index >= 15 is 0 Å². The molecule has 1 heterocycles. The Balaban J connectivity index is 2.45. The predicted molar refractivity (Wildman–Crippen MR) is 87.1 cm³/mol. The van der Waals surface area contributed by atoms with Gasteiger partial charge in [-0.2, -0.15) is 0 Å². The highest BCUT2D eigenvalue weighted by Crippen LogP contribution is 2.39. The Morgan fingerprint density at radius 3 is 2.44 bits per heavy atom. The van der Waals surface area contributed by atoms with E-state index in [1.807, 2.05) is 19.2 Å². The van der Waals surface area contributed by atoms with E-state index in [1.54, 1.807) is 17.4 Å². The van der Waals surface area contributed by atoms with E-state index in [0.717, 1.165) is 13.8 Å². The van der Waals surface area contributed by atoms with Crippen molar-refractivity contribution in [1.82, 2.24) is 5.32 Å². The van der Waals surface area contributed by atoms with Crippen LogP contribution in [0.1, 0.15) is 16.5 Å². The van der Waals surface area contributed by atoms with Gasteiger partial charge in [0.25, 0.3) is 0 Å². The number of benzene rings is 1. The number of halogens is 4. The van der Waals surface area contributed by atoms with Crippen molar-refractivity contribution in [1.29, 1.82) is 0 Å². The molecule has 0 amide bonds. The Kier molecular flexibility index (Phi) is 5.14. The molecule has 2 rings (SSSR count). The predicted octanol–water partition coefficient (Wildman–Crippen LogP) is 5.89. The van der Waals surface area contributed by atoms with Gasteiger partial charge in [0.05, 0.1) is 9.83 Å². The Hall–Kier alpha value is 0.420. The molecule has 96 valence electrons. The Morgan fingerprint density at radius 2 is 1.94 bits per heavy atom. The average molecular weight is 430 g/mol. The zero-order valence-electron chi connectivity index (χ0n) is 9.31. The molecule has 6 heteroatoms. The minimum atomic E-state index is 0.0577. The second-order valence-electron chi connectivity index (χ2n) is 3.66. The summed E-state index contributed by atoms with van der Waals surface area (Å²) in [4.78, 5) is 1.18. The molecular weight excluding hydrogens is 421 g/mol. The summed E-state index contributed by atoms with van der Waals surface area (Å²) in [5.41, 5.74) is 1.02. The molecule has 18 heavy (non-hydrogen) atoms. The van der Waals surface area contributed by atoms with Crippen molar-refractivity contribution < 1.29 is 0 Å². The van der Waals surface area contributed by atoms with E-state index in [9.17, 15) is 0 Å². The molecule has 1 aromatic heterocycles. The largest absolute Gasteiger partial charge is 0.309 e. The number of thiophene rings is 1. The van der Waals surface area contributed by atoms with Gasteiger partial charge in [-0.05, 0) is 62.7 Å². The number of hydrogen-bond acceptors (Lipinski definition) is 2. The van der Waals surface area contributed by atoms with Crippen LogP contribution in [0.2, 0.25) is 10.0 Å². The van der Waals surface area contributed by atoms with Crippen LogP contribution in [0, 0.1) is 0 Å². The van der Waals surface area contributed by atoms with Crippen molar-refractivity contribution in [2.75, 3.05) is 7.05 Å². The smallest absolute Gasteiger partial charge is 0.0843 e. The standard InChI is InChI=1S/C12H9Br2Cl2NS/c1-17-11(10-5-8(13)12(14)18-10)7-3-2-6(15)4-9(7)16/h2-5,11,17H,1H3. The molecule has 0 saturated carbocycles. The highest BCUT2D eigenvalue weighted by molar-refractivity contribution is 9.13. The summed E-state index contributed by atoms with van der Waals surface area (Å²) in [5.74, 6) is 0. The lowest BCUT2D eigenvalue weighted by Gasteiger charge is -2.16. The van der Waals surface area contributed by atoms with E-state index < -0.39 is 0 Å². The summed E-state index contributed by atoms with van der Waals surface area (Å²) in [7, 11) is 1.91. The molecule has 0 radical (unpaired) electrons. The van der Waals surface area contributed by atoms with Gasteiger partial charge < -0.3 is 5.32 Å². The second kappa shape index (κ2) is 6.25. The van der Waals surface area contributed by atoms with Gasteiger partial charge in [0, 0.05) is 19.4 Å². The SMILES string of the molecule is CNC(c1cc(Br)c(Br)s1)c1ccc(Cl)cc1Cl. The van der Waals surface area contributed by atoms with Crippen molar-refractivity contribution in [3.05, 3.63) is 53.0 Å². The minimum Gasteiger partial charge on any atom is -0.309 e. The monoisotopic (exact) mass is 427 g/mol. The highest BCUT2D eigenvalue weighted by atomic mass is 79.9. The summed E-state index contributed by atoms with van der Waals surface area (Å²) in [6, 6.07) is 7.71. The third-order valence-electron chi connectivity index (χ3n) is 2.51. The molecule has 0 fully saturated rings. The van der Waals surface area contributed by atoms with Crippen molar-refractivity contribution in [3.63, 3.8) is 0 Å². The van der Waals surface area contributed by atoms with Crippen LogP contribution in [-0.4, -0.2) is 7.05 Å². The number of rotatable bonds is 3. The fourth-order valence-electron chi connectivity index (χ4n) is 1.69. The zero-order valence-corrected chi connectivity index (χ0v) is 14.8. The first-order valence-corrected chi connectivity index (χ1v) is 8.25. The quantitative estimate of drug-likeness (QED) is 0.641. The van der Waals surface area contributed by atoms with E-state index in [0.29, 0.717) is 10.0 Å². The first kappa shape index (κ1) is 14.8. The third kappa shape index (κ3) is 3.11. The molecule has 1 aromatic carbocycles. The van der Waals surface area contributed by atoms with Crippen molar-refractivity contribution in [3.8, 4) is 0 Å². The highest BCUT2D eigenvalue weighted by Gasteiger charge is 2.18. The lowest BCUT2D eigenvalue weighted by atomic mass is 10.1. The van der Waals surface area contributed by atoms with Crippen LogP contribution >= 0.6 is 66.4 Å². The third-order valence-corrected chi connectivity index (χ3v) is 6.39. The molecule has 0 aliphatic carbocycles. The molecule has 0 saturated heterocycles. The fraction of sp³-hybridized carbons (Fsp3) is 0.167. The van der Waals surface area contributed by atoms with Crippen molar-refractivity contribution in [2.45, 2.75) is 6.04 Å². The van der Waals surface area contributed by atoms with Gasteiger partial charge in [-0.15, -0.1) is 11.3 Å². The van der Waals surface area contributed by atoms with Crippen LogP contribution in [0.3, 0.4) is 0 Å². The zero-order chi connectivity index (χ0) is 13.3. The fourth-order valence-corrected chi connectivity index (χ4v) is 4.43. The van der Waals surface area contributed by atoms with Gasteiger partial charge >= 0.3 is 0 Å².